The number of benzene rings is 1. The van der Waals surface area contributed by atoms with Gasteiger partial charge in [-0.1, -0.05) is 35.3 Å². The summed E-state index contributed by atoms with van der Waals surface area (Å²) >= 11 is 12.1. The van der Waals surface area contributed by atoms with Crippen molar-refractivity contribution in [3.05, 3.63) is 52.6 Å². The van der Waals surface area contributed by atoms with E-state index in [2.05, 4.69) is 10.3 Å². The van der Waals surface area contributed by atoms with Crippen molar-refractivity contribution in [3.63, 3.8) is 0 Å². The Morgan fingerprint density at radius 1 is 1.08 bits per heavy atom. The highest BCUT2D eigenvalue weighted by Crippen LogP contribution is 2.33. The van der Waals surface area contributed by atoms with E-state index in [0.717, 1.165) is 0 Å². The Morgan fingerprint density at radius 2 is 1.73 bits per heavy atom. The summed E-state index contributed by atoms with van der Waals surface area (Å²) in [6.45, 7) is 0.453. The zero-order chi connectivity index (χ0) is 18.7. The van der Waals surface area contributed by atoms with Gasteiger partial charge in [0.25, 0.3) is 0 Å². The maximum Gasteiger partial charge on any atom is 0.246 e. The molecular formula is C17H17Cl2N3O3S. The van der Waals surface area contributed by atoms with Crippen LogP contribution in [-0.2, 0) is 14.8 Å². The zero-order valence-corrected chi connectivity index (χ0v) is 16.1. The lowest BCUT2D eigenvalue weighted by atomic mass is 9.97. The second kappa shape index (κ2) is 7.92. The molecule has 1 amide bonds. The van der Waals surface area contributed by atoms with Crippen LogP contribution in [0, 0.1) is 5.92 Å². The summed E-state index contributed by atoms with van der Waals surface area (Å²) in [4.78, 5) is 16.3. The number of nitrogens with one attached hydrogen (secondary N) is 1. The number of sulfonamides is 1. The molecule has 6 nitrogen and oxygen atoms in total. The van der Waals surface area contributed by atoms with Gasteiger partial charge in [0.1, 0.15) is 10.7 Å². The molecule has 0 saturated carbocycles. The van der Waals surface area contributed by atoms with E-state index in [-0.39, 0.29) is 39.9 Å². The lowest BCUT2D eigenvalue weighted by molar-refractivity contribution is -0.120. The molecule has 1 saturated heterocycles. The molecule has 1 aliphatic heterocycles. The summed E-state index contributed by atoms with van der Waals surface area (Å²) in [5.74, 6) is 0.0529. The number of carbonyl (C=O) groups excluding carboxylic acids is 1. The van der Waals surface area contributed by atoms with Crippen LogP contribution in [0.15, 0.2) is 47.5 Å². The molecule has 0 bridgehead atoms. The van der Waals surface area contributed by atoms with Gasteiger partial charge < -0.3 is 5.32 Å². The minimum absolute atomic E-state index is 0.0836. The van der Waals surface area contributed by atoms with Crippen molar-refractivity contribution in [2.45, 2.75) is 17.7 Å². The molecule has 138 valence electrons. The van der Waals surface area contributed by atoms with Crippen molar-refractivity contribution >= 4 is 45.0 Å². The van der Waals surface area contributed by atoms with Crippen molar-refractivity contribution < 1.29 is 13.2 Å². The van der Waals surface area contributed by atoms with Gasteiger partial charge in [0, 0.05) is 25.2 Å². The SMILES string of the molecule is O=C(Nc1ccccn1)C1CCN(S(=O)(=O)c2c(Cl)cccc2Cl)CC1. The average Bonchev–Trinajstić information content (AvgIpc) is 2.62. The van der Waals surface area contributed by atoms with E-state index >= 15 is 0 Å². The van der Waals surface area contributed by atoms with E-state index in [1.807, 2.05) is 0 Å². The number of amides is 1. The Hall–Kier alpha value is -1.67. The Labute approximate surface area is 162 Å². The fourth-order valence-corrected chi connectivity index (χ4v) is 5.44. The number of hydrogen-bond donors (Lipinski definition) is 1. The molecule has 1 N–H and O–H groups in total. The van der Waals surface area contributed by atoms with Crippen LogP contribution in [0.4, 0.5) is 5.82 Å². The Bertz CT molecular complexity index is 878. The van der Waals surface area contributed by atoms with E-state index in [0.29, 0.717) is 18.7 Å². The molecule has 1 aromatic heterocycles. The van der Waals surface area contributed by atoms with E-state index in [1.54, 1.807) is 30.5 Å². The fourth-order valence-electron chi connectivity index (χ4n) is 2.88. The van der Waals surface area contributed by atoms with Crippen LogP contribution in [0.3, 0.4) is 0 Å². The second-order valence-electron chi connectivity index (χ2n) is 5.93. The van der Waals surface area contributed by atoms with Crippen LogP contribution in [0.1, 0.15) is 12.8 Å². The minimum atomic E-state index is -3.81. The number of nitrogens with zero attached hydrogens (tertiary/aromatic N) is 2. The zero-order valence-electron chi connectivity index (χ0n) is 13.7. The van der Waals surface area contributed by atoms with Crippen molar-refractivity contribution in [3.8, 4) is 0 Å². The molecule has 2 heterocycles. The van der Waals surface area contributed by atoms with Gasteiger partial charge in [0.05, 0.1) is 10.0 Å². The van der Waals surface area contributed by atoms with Gasteiger partial charge in [-0.15, -0.1) is 0 Å². The fraction of sp³-hybridized carbons (Fsp3) is 0.294. The predicted octanol–water partition coefficient (Wildman–Crippen LogP) is 3.43. The van der Waals surface area contributed by atoms with E-state index in [1.165, 1.54) is 16.4 Å². The molecule has 9 heteroatoms. The maximum absolute atomic E-state index is 12.8. The van der Waals surface area contributed by atoms with Crippen LogP contribution in [0.2, 0.25) is 10.0 Å². The van der Waals surface area contributed by atoms with Gasteiger partial charge in [-0.05, 0) is 37.1 Å². The molecule has 0 spiro atoms. The molecule has 0 aliphatic carbocycles. The van der Waals surface area contributed by atoms with Crippen molar-refractivity contribution in [1.82, 2.24) is 9.29 Å². The molecule has 3 rings (SSSR count). The van der Waals surface area contributed by atoms with Gasteiger partial charge in [-0.25, -0.2) is 13.4 Å². The molecule has 2 aromatic rings. The van der Waals surface area contributed by atoms with Crippen LogP contribution in [-0.4, -0.2) is 36.7 Å². The van der Waals surface area contributed by atoms with E-state index < -0.39 is 10.0 Å². The Balaban J connectivity index is 1.67. The van der Waals surface area contributed by atoms with Gasteiger partial charge in [0.2, 0.25) is 15.9 Å². The van der Waals surface area contributed by atoms with Crippen LogP contribution < -0.4 is 5.32 Å². The molecule has 1 aliphatic rings. The third kappa shape index (κ3) is 4.01. The van der Waals surface area contributed by atoms with E-state index in [9.17, 15) is 13.2 Å². The monoisotopic (exact) mass is 413 g/mol. The van der Waals surface area contributed by atoms with Gasteiger partial charge in [-0.2, -0.15) is 4.31 Å². The van der Waals surface area contributed by atoms with Crippen LogP contribution >= 0.6 is 23.2 Å². The van der Waals surface area contributed by atoms with Crippen LogP contribution in [0.25, 0.3) is 0 Å². The normalized spacial score (nSPS) is 16.4. The molecule has 0 radical (unpaired) electrons. The Kier molecular flexibility index (Phi) is 5.82. The molecule has 26 heavy (non-hydrogen) atoms. The predicted molar refractivity (Wildman–Crippen MR) is 101 cm³/mol. The van der Waals surface area contributed by atoms with Crippen molar-refractivity contribution in [2.24, 2.45) is 5.92 Å². The molecular weight excluding hydrogens is 397 g/mol. The van der Waals surface area contributed by atoms with Crippen molar-refractivity contribution in [1.29, 1.82) is 0 Å². The largest absolute Gasteiger partial charge is 0.310 e. The van der Waals surface area contributed by atoms with Crippen LogP contribution in [0.5, 0.6) is 0 Å². The van der Waals surface area contributed by atoms with Gasteiger partial charge >= 0.3 is 0 Å². The highest BCUT2D eigenvalue weighted by atomic mass is 35.5. The van der Waals surface area contributed by atoms with Crippen molar-refractivity contribution in [2.75, 3.05) is 18.4 Å². The number of hydrogen-bond acceptors (Lipinski definition) is 4. The summed E-state index contributed by atoms with van der Waals surface area (Å²) in [5.41, 5.74) is 0. The summed E-state index contributed by atoms with van der Waals surface area (Å²) < 4.78 is 27.0. The topological polar surface area (TPSA) is 79.4 Å². The Morgan fingerprint density at radius 3 is 2.31 bits per heavy atom. The highest BCUT2D eigenvalue weighted by molar-refractivity contribution is 7.89. The number of piperidine rings is 1. The number of pyridine rings is 1. The third-order valence-corrected chi connectivity index (χ3v) is 7.11. The number of halogens is 2. The van der Waals surface area contributed by atoms with Gasteiger partial charge in [-0.3, -0.25) is 4.79 Å². The average molecular weight is 414 g/mol. The molecule has 0 unspecified atom stereocenters. The number of carbonyl (C=O) groups is 1. The smallest absolute Gasteiger partial charge is 0.246 e. The minimum Gasteiger partial charge on any atom is -0.310 e. The number of rotatable bonds is 4. The first-order chi connectivity index (χ1) is 12.4. The summed E-state index contributed by atoms with van der Waals surface area (Å²) in [6, 6.07) is 9.83. The first-order valence-corrected chi connectivity index (χ1v) is 10.3. The molecule has 1 aromatic carbocycles. The quantitative estimate of drug-likeness (QED) is 0.832. The molecule has 1 fully saturated rings. The lowest BCUT2D eigenvalue weighted by Gasteiger charge is -2.30. The first kappa shape index (κ1) is 19.1. The van der Waals surface area contributed by atoms with Gasteiger partial charge in [0.15, 0.2) is 0 Å². The summed E-state index contributed by atoms with van der Waals surface area (Å²) in [5, 5.41) is 2.94. The maximum atomic E-state index is 12.8. The van der Waals surface area contributed by atoms with E-state index in [4.69, 9.17) is 23.2 Å². The highest BCUT2D eigenvalue weighted by Gasteiger charge is 2.34. The third-order valence-electron chi connectivity index (χ3n) is 4.26. The number of aromatic nitrogens is 1. The second-order valence-corrected chi connectivity index (χ2v) is 8.62. The summed E-state index contributed by atoms with van der Waals surface area (Å²) in [6.07, 6.45) is 2.43. The lowest BCUT2D eigenvalue weighted by Crippen LogP contribution is -2.41. The standard InChI is InChI=1S/C17H17Cl2N3O3S/c18-13-4-3-5-14(19)16(13)26(24,25)22-10-7-12(8-11-22)17(23)21-15-6-1-2-9-20-15/h1-6,9,12H,7-8,10-11H2,(H,20,21,23). The summed E-state index contributed by atoms with van der Waals surface area (Å²) in [7, 11) is -3.81. The number of anilines is 1. The first-order valence-electron chi connectivity index (χ1n) is 8.05. The molecule has 0 atom stereocenters.